The van der Waals surface area contributed by atoms with Crippen LogP contribution in [0.5, 0.6) is 0 Å². The SMILES string of the molecule is C=CC(=O)N1CCN(c2c(C#N)c(=O)n(-c3cccnc3C(C)C)c3nc(Cl)c(Cl)cc23)CC1. The third kappa shape index (κ3) is 4.02. The molecule has 3 aromatic rings. The fourth-order valence-electron chi connectivity index (χ4n) is 4.22. The van der Waals surface area contributed by atoms with E-state index in [9.17, 15) is 14.9 Å². The van der Waals surface area contributed by atoms with Gasteiger partial charge in [0.25, 0.3) is 5.56 Å². The van der Waals surface area contributed by atoms with E-state index in [1.54, 1.807) is 29.3 Å². The molecule has 0 radical (unpaired) electrons. The highest BCUT2D eigenvalue weighted by Gasteiger charge is 2.28. The van der Waals surface area contributed by atoms with E-state index in [0.29, 0.717) is 48.6 Å². The Hall–Kier alpha value is -3.41. The van der Waals surface area contributed by atoms with Crippen molar-refractivity contribution in [3.63, 3.8) is 0 Å². The van der Waals surface area contributed by atoms with Crippen molar-refractivity contribution < 1.29 is 4.79 Å². The molecular weight excluding hydrogens is 475 g/mol. The van der Waals surface area contributed by atoms with Gasteiger partial charge in [-0.3, -0.25) is 19.1 Å². The maximum Gasteiger partial charge on any atom is 0.276 e. The number of fused-ring (bicyclic) bond motifs is 1. The van der Waals surface area contributed by atoms with Gasteiger partial charge >= 0.3 is 0 Å². The van der Waals surface area contributed by atoms with Gasteiger partial charge in [0.2, 0.25) is 5.91 Å². The molecule has 34 heavy (non-hydrogen) atoms. The van der Waals surface area contributed by atoms with Crippen LogP contribution in [0, 0.1) is 11.3 Å². The van der Waals surface area contributed by atoms with Crippen molar-refractivity contribution in [1.29, 1.82) is 5.26 Å². The normalized spacial score (nSPS) is 13.9. The molecule has 174 valence electrons. The van der Waals surface area contributed by atoms with E-state index in [1.807, 2.05) is 18.7 Å². The summed E-state index contributed by atoms with van der Waals surface area (Å²) in [5.74, 6) is -0.142. The predicted octanol–water partition coefficient (Wildman–Crippen LogP) is 3.92. The van der Waals surface area contributed by atoms with Crippen LogP contribution < -0.4 is 10.5 Å². The Balaban J connectivity index is 2.01. The van der Waals surface area contributed by atoms with Crippen molar-refractivity contribution in [1.82, 2.24) is 19.4 Å². The number of carbonyl (C=O) groups excluding carboxylic acids is 1. The minimum Gasteiger partial charge on any atom is -0.366 e. The first-order valence-electron chi connectivity index (χ1n) is 10.7. The Bertz CT molecular complexity index is 1400. The van der Waals surface area contributed by atoms with E-state index in [4.69, 9.17) is 23.2 Å². The van der Waals surface area contributed by atoms with Crippen LogP contribution in [-0.4, -0.2) is 51.5 Å². The van der Waals surface area contributed by atoms with Crippen LogP contribution in [0.3, 0.4) is 0 Å². The number of carbonyl (C=O) groups is 1. The van der Waals surface area contributed by atoms with Crippen molar-refractivity contribution in [2.24, 2.45) is 0 Å². The maximum absolute atomic E-state index is 13.8. The second-order valence-electron chi connectivity index (χ2n) is 8.19. The highest BCUT2D eigenvalue weighted by atomic mass is 35.5. The summed E-state index contributed by atoms with van der Waals surface area (Å²) >= 11 is 12.6. The largest absolute Gasteiger partial charge is 0.366 e. The third-order valence-corrected chi connectivity index (χ3v) is 6.50. The van der Waals surface area contributed by atoms with Gasteiger partial charge in [0.15, 0.2) is 5.65 Å². The van der Waals surface area contributed by atoms with Crippen LogP contribution in [0.4, 0.5) is 5.69 Å². The number of nitrogens with zero attached hydrogens (tertiary/aromatic N) is 6. The first-order chi connectivity index (χ1) is 16.3. The van der Waals surface area contributed by atoms with E-state index in [-0.39, 0.29) is 33.2 Å². The Kier molecular flexibility index (Phi) is 6.60. The van der Waals surface area contributed by atoms with Crippen LogP contribution in [0.1, 0.15) is 31.0 Å². The molecule has 1 saturated heterocycles. The summed E-state index contributed by atoms with van der Waals surface area (Å²) in [4.78, 5) is 38.3. The monoisotopic (exact) mass is 496 g/mol. The number of piperazine rings is 1. The zero-order valence-corrected chi connectivity index (χ0v) is 20.3. The number of amides is 1. The van der Waals surface area contributed by atoms with Crippen LogP contribution in [0.2, 0.25) is 10.2 Å². The number of aromatic nitrogens is 3. The van der Waals surface area contributed by atoms with E-state index in [2.05, 4.69) is 22.6 Å². The van der Waals surface area contributed by atoms with Gasteiger partial charge in [0, 0.05) is 37.8 Å². The fraction of sp³-hybridized carbons (Fsp3) is 0.292. The van der Waals surface area contributed by atoms with Crippen LogP contribution in [0.15, 0.2) is 41.8 Å². The molecule has 1 aliphatic rings. The molecule has 4 heterocycles. The third-order valence-electron chi connectivity index (χ3n) is 5.83. The summed E-state index contributed by atoms with van der Waals surface area (Å²) in [6, 6.07) is 7.23. The number of pyridine rings is 3. The number of halogens is 2. The lowest BCUT2D eigenvalue weighted by atomic mass is 10.1. The molecule has 0 aromatic carbocycles. The summed E-state index contributed by atoms with van der Waals surface area (Å²) in [7, 11) is 0. The van der Waals surface area contributed by atoms with Crippen molar-refractivity contribution in [2.45, 2.75) is 19.8 Å². The van der Waals surface area contributed by atoms with Gasteiger partial charge in [-0.25, -0.2) is 4.98 Å². The lowest BCUT2D eigenvalue weighted by Gasteiger charge is -2.36. The first kappa shape index (κ1) is 23.7. The van der Waals surface area contributed by atoms with Crippen LogP contribution in [0.25, 0.3) is 16.7 Å². The average molecular weight is 497 g/mol. The summed E-state index contributed by atoms with van der Waals surface area (Å²) in [5.41, 5.74) is 1.39. The quantitative estimate of drug-likeness (QED) is 0.401. The molecule has 3 aromatic heterocycles. The summed E-state index contributed by atoms with van der Waals surface area (Å²) in [6.45, 7) is 9.19. The second kappa shape index (κ2) is 9.45. The molecule has 0 saturated carbocycles. The summed E-state index contributed by atoms with van der Waals surface area (Å²) < 4.78 is 1.39. The van der Waals surface area contributed by atoms with Gasteiger partial charge in [0.1, 0.15) is 16.8 Å². The molecule has 1 amide bonds. The number of nitriles is 1. The van der Waals surface area contributed by atoms with Gasteiger partial charge in [-0.15, -0.1) is 0 Å². The molecule has 4 rings (SSSR count). The van der Waals surface area contributed by atoms with Crippen molar-refractivity contribution in [3.05, 3.63) is 68.8 Å². The summed E-state index contributed by atoms with van der Waals surface area (Å²) in [5, 5.41) is 10.9. The smallest absolute Gasteiger partial charge is 0.276 e. The molecule has 1 aliphatic heterocycles. The molecular formula is C24H22Cl2N6O2. The van der Waals surface area contributed by atoms with Crippen LogP contribution >= 0.6 is 23.2 Å². The zero-order chi connectivity index (χ0) is 24.6. The highest BCUT2D eigenvalue weighted by molar-refractivity contribution is 6.41. The topological polar surface area (TPSA) is 95.1 Å². The van der Waals surface area contributed by atoms with Gasteiger partial charge < -0.3 is 9.80 Å². The molecule has 0 unspecified atom stereocenters. The van der Waals surface area contributed by atoms with Gasteiger partial charge in [-0.1, -0.05) is 43.6 Å². The van der Waals surface area contributed by atoms with E-state index in [1.165, 1.54) is 10.6 Å². The number of anilines is 1. The number of rotatable bonds is 4. The van der Waals surface area contributed by atoms with E-state index < -0.39 is 5.56 Å². The van der Waals surface area contributed by atoms with Gasteiger partial charge in [0.05, 0.1) is 22.1 Å². The molecule has 0 N–H and O–H groups in total. The minimum absolute atomic E-state index is 0.0154. The fourth-order valence-corrected chi connectivity index (χ4v) is 4.51. The molecule has 8 nitrogen and oxygen atoms in total. The molecule has 0 bridgehead atoms. The number of hydrogen-bond acceptors (Lipinski definition) is 6. The van der Waals surface area contributed by atoms with E-state index in [0.717, 1.165) is 0 Å². The zero-order valence-electron chi connectivity index (χ0n) is 18.8. The molecule has 0 spiro atoms. The van der Waals surface area contributed by atoms with Crippen molar-refractivity contribution in [3.8, 4) is 11.8 Å². The predicted molar refractivity (Wildman–Crippen MR) is 133 cm³/mol. The van der Waals surface area contributed by atoms with Gasteiger partial charge in [-0.05, 0) is 30.2 Å². The first-order valence-corrected chi connectivity index (χ1v) is 11.5. The number of hydrogen-bond donors (Lipinski definition) is 0. The van der Waals surface area contributed by atoms with Gasteiger partial charge in [-0.2, -0.15) is 5.26 Å². The molecule has 1 fully saturated rings. The van der Waals surface area contributed by atoms with Crippen molar-refractivity contribution >= 4 is 45.8 Å². The summed E-state index contributed by atoms with van der Waals surface area (Å²) in [6.07, 6.45) is 2.94. The highest BCUT2D eigenvalue weighted by Crippen LogP contribution is 2.35. The molecule has 0 aliphatic carbocycles. The molecule has 0 atom stereocenters. The maximum atomic E-state index is 13.8. The molecule has 10 heteroatoms. The Morgan fingerprint density at radius 2 is 1.97 bits per heavy atom. The second-order valence-corrected chi connectivity index (χ2v) is 8.95. The Morgan fingerprint density at radius 1 is 1.26 bits per heavy atom. The Labute approximate surface area is 206 Å². The van der Waals surface area contributed by atoms with Crippen LogP contribution in [-0.2, 0) is 4.79 Å². The Morgan fingerprint density at radius 3 is 2.59 bits per heavy atom. The van der Waals surface area contributed by atoms with E-state index >= 15 is 0 Å². The lowest BCUT2D eigenvalue weighted by molar-refractivity contribution is -0.126. The standard InChI is InChI=1S/C24H22Cl2N6O2/c1-4-19(33)30-8-10-31(11-9-30)21-15-12-17(25)22(26)29-23(15)32(24(34)16(21)13-27)18-6-5-7-28-20(18)14(2)3/h4-7,12,14H,1,8-11H2,2-3H3. The lowest BCUT2D eigenvalue weighted by Crippen LogP contribution is -2.49. The van der Waals surface area contributed by atoms with Crippen molar-refractivity contribution in [2.75, 3.05) is 31.1 Å². The minimum atomic E-state index is -0.518. The average Bonchev–Trinajstić information content (AvgIpc) is 2.84.